The predicted octanol–water partition coefficient (Wildman–Crippen LogP) is 0.984. The molecule has 1 aromatic heterocycles. The molecule has 0 bridgehead atoms. The van der Waals surface area contributed by atoms with Gasteiger partial charge < -0.3 is 4.74 Å². The lowest BCUT2D eigenvalue weighted by Gasteiger charge is -2.10. The second-order valence-electron chi connectivity index (χ2n) is 3.05. The van der Waals surface area contributed by atoms with E-state index in [4.69, 9.17) is 5.14 Å². The van der Waals surface area contributed by atoms with Gasteiger partial charge in [-0.3, -0.25) is 0 Å². The minimum Gasteiger partial charge on any atom is -0.480 e. The molecule has 1 heterocycles. The smallest absolute Gasteiger partial charge is 0.280 e. The van der Waals surface area contributed by atoms with Crippen LogP contribution in [0.2, 0.25) is 0 Å². The number of hydrogen-bond acceptors (Lipinski definition) is 4. The van der Waals surface area contributed by atoms with Gasteiger partial charge in [-0.15, -0.1) is 0 Å². The quantitative estimate of drug-likeness (QED) is 0.869. The van der Waals surface area contributed by atoms with Gasteiger partial charge in [-0.2, -0.15) is 0 Å². The van der Waals surface area contributed by atoms with Crippen molar-refractivity contribution in [3.8, 4) is 5.88 Å². The van der Waals surface area contributed by atoms with Gasteiger partial charge in [0.1, 0.15) is 10.6 Å². The molecule has 1 aromatic rings. The fourth-order valence-corrected chi connectivity index (χ4v) is 2.13. The van der Waals surface area contributed by atoms with Crippen LogP contribution in [0.3, 0.4) is 0 Å². The first kappa shape index (κ1) is 12.8. The lowest BCUT2D eigenvalue weighted by atomic mass is 10.2. The Morgan fingerprint density at radius 1 is 1.50 bits per heavy atom. The zero-order valence-electron chi connectivity index (χ0n) is 8.57. The SMILES string of the molecule is COc1nc(C(F)F)cc(C)c1S(N)(=O)=O. The summed E-state index contributed by atoms with van der Waals surface area (Å²) in [6.07, 6.45) is -2.80. The highest BCUT2D eigenvalue weighted by molar-refractivity contribution is 7.89. The maximum atomic E-state index is 12.4. The van der Waals surface area contributed by atoms with Gasteiger partial charge in [0.05, 0.1) is 7.11 Å². The summed E-state index contributed by atoms with van der Waals surface area (Å²) < 4.78 is 51.8. The lowest BCUT2D eigenvalue weighted by molar-refractivity contribution is 0.144. The Labute approximate surface area is 91.3 Å². The van der Waals surface area contributed by atoms with E-state index in [0.717, 1.165) is 13.2 Å². The van der Waals surface area contributed by atoms with Gasteiger partial charge in [-0.1, -0.05) is 0 Å². The first-order valence-electron chi connectivity index (χ1n) is 4.14. The molecule has 0 saturated heterocycles. The second-order valence-corrected chi connectivity index (χ2v) is 4.55. The number of halogens is 2. The van der Waals surface area contributed by atoms with Gasteiger partial charge in [0, 0.05) is 0 Å². The number of methoxy groups -OCH3 is 1. The van der Waals surface area contributed by atoms with Gasteiger partial charge >= 0.3 is 0 Å². The van der Waals surface area contributed by atoms with Crippen LogP contribution in [0, 0.1) is 6.92 Å². The number of pyridine rings is 1. The molecule has 90 valence electrons. The first-order valence-corrected chi connectivity index (χ1v) is 5.68. The molecule has 0 aliphatic carbocycles. The molecule has 0 saturated carbocycles. The van der Waals surface area contributed by atoms with Crippen LogP contribution in [-0.4, -0.2) is 20.5 Å². The Balaban J connectivity index is 3.53. The van der Waals surface area contributed by atoms with Crippen LogP contribution in [0.15, 0.2) is 11.0 Å². The van der Waals surface area contributed by atoms with Crippen molar-refractivity contribution < 1.29 is 21.9 Å². The molecule has 0 aromatic carbocycles. The largest absolute Gasteiger partial charge is 0.480 e. The molecule has 0 fully saturated rings. The van der Waals surface area contributed by atoms with Crippen molar-refractivity contribution in [2.45, 2.75) is 18.2 Å². The summed E-state index contributed by atoms with van der Waals surface area (Å²) in [5.41, 5.74) is -0.480. The molecule has 2 N–H and O–H groups in total. The number of sulfonamides is 1. The molecule has 5 nitrogen and oxygen atoms in total. The number of nitrogens with zero attached hydrogens (tertiary/aromatic N) is 1. The average Bonchev–Trinajstić information content (AvgIpc) is 2.14. The molecule has 0 amide bonds. The van der Waals surface area contributed by atoms with Gasteiger partial charge in [-0.25, -0.2) is 27.3 Å². The molecule has 0 aliphatic rings. The van der Waals surface area contributed by atoms with Crippen LogP contribution in [-0.2, 0) is 10.0 Å². The number of alkyl halides is 2. The Morgan fingerprint density at radius 2 is 2.06 bits per heavy atom. The lowest BCUT2D eigenvalue weighted by Crippen LogP contribution is -2.16. The Kier molecular flexibility index (Phi) is 3.44. The topological polar surface area (TPSA) is 82.3 Å². The highest BCUT2D eigenvalue weighted by Gasteiger charge is 2.23. The second kappa shape index (κ2) is 4.30. The van der Waals surface area contributed by atoms with Crippen molar-refractivity contribution in [1.82, 2.24) is 4.98 Å². The van der Waals surface area contributed by atoms with Crippen molar-refractivity contribution >= 4 is 10.0 Å². The number of primary sulfonamides is 1. The summed E-state index contributed by atoms with van der Waals surface area (Å²) in [5, 5.41) is 4.92. The molecular formula is C8H10F2N2O3S. The summed E-state index contributed by atoms with van der Waals surface area (Å²) in [4.78, 5) is 3.01. The minimum absolute atomic E-state index is 0.0738. The molecule has 0 spiro atoms. The van der Waals surface area contributed by atoms with E-state index in [1.807, 2.05) is 0 Å². The zero-order valence-corrected chi connectivity index (χ0v) is 9.38. The maximum absolute atomic E-state index is 12.4. The van der Waals surface area contributed by atoms with E-state index in [1.54, 1.807) is 0 Å². The van der Waals surface area contributed by atoms with Crippen molar-refractivity contribution in [3.05, 3.63) is 17.3 Å². The maximum Gasteiger partial charge on any atom is 0.280 e. The normalized spacial score (nSPS) is 11.9. The van der Waals surface area contributed by atoms with Crippen LogP contribution < -0.4 is 9.88 Å². The summed E-state index contributed by atoms with van der Waals surface area (Å²) in [5.74, 6) is -0.419. The number of aryl methyl sites for hydroxylation is 1. The highest BCUT2D eigenvalue weighted by Crippen LogP contribution is 2.28. The summed E-state index contributed by atoms with van der Waals surface area (Å²) in [6.45, 7) is 1.34. The fourth-order valence-electron chi connectivity index (χ4n) is 1.25. The summed E-state index contributed by atoms with van der Waals surface area (Å²) in [7, 11) is -2.92. The average molecular weight is 252 g/mol. The monoisotopic (exact) mass is 252 g/mol. The van der Waals surface area contributed by atoms with Crippen molar-refractivity contribution in [2.75, 3.05) is 7.11 Å². The Hall–Kier alpha value is -1.28. The van der Waals surface area contributed by atoms with Gasteiger partial charge in [0.15, 0.2) is 0 Å². The molecule has 0 unspecified atom stereocenters. The van der Waals surface area contributed by atoms with E-state index in [-0.39, 0.29) is 10.5 Å². The van der Waals surface area contributed by atoms with E-state index in [0.29, 0.717) is 0 Å². The highest BCUT2D eigenvalue weighted by atomic mass is 32.2. The van der Waals surface area contributed by atoms with Gasteiger partial charge in [0.2, 0.25) is 15.9 Å². The van der Waals surface area contributed by atoms with Crippen LogP contribution in [0.25, 0.3) is 0 Å². The number of rotatable bonds is 3. The third kappa shape index (κ3) is 2.45. The van der Waals surface area contributed by atoms with Crippen LogP contribution in [0.4, 0.5) is 8.78 Å². The molecule has 16 heavy (non-hydrogen) atoms. The molecule has 1 rings (SSSR count). The Bertz CT molecular complexity index is 502. The standard InChI is InChI=1S/C8H10F2N2O3S/c1-4-3-5(7(9)10)12-8(15-2)6(4)16(11,13)14/h3,7H,1-2H3,(H2,11,13,14). The number of aromatic nitrogens is 1. The van der Waals surface area contributed by atoms with E-state index < -0.39 is 28.0 Å². The number of ether oxygens (including phenoxy) is 1. The van der Waals surface area contributed by atoms with Crippen molar-refractivity contribution in [3.63, 3.8) is 0 Å². The zero-order chi connectivity index (χ0) is 12.5. The Morgan fingerprint density at radius 3 is 2.44 bits per heavy atom. The molecule has 0 aliphatic heterocycles. The van der Waals surface area contributed by atoms with E-state index in [2.05, 4.69) is 9.72 Å². The summed E-state index contributed by atoms with van der Waals surface area (Å²) in [6, 6.07) is 0.965. The number of nitrogens with two attached hydrogens (primary N) is 1. The molecular weight excluding hydrogens is 242 g/mol. The van der Waals surface area contributed by atoms with Gasteiger partial charge in [0.25, 0.3) is 6.43 Å². The van der Waals surface area contributed by atoms with E-state index in [1.165, 1.54) is 6.92 Å². The fraction of sp³-hybridized carbons (Fsp3) is 0.375. The van der Waals surface area contributed by atoms with Crippen molar-refractivity contribution in [2.24, 2.45) is 5.14 Å². The first-order chi connectivity index (χ1) is 7.27. The molecule has 8 heteroatoms. The van der Waals surface area contributed by atoms with Crippen LogP contribution >= 0.6 is 0 Å². The van der Waals surface area contributed by atoms with E-state index >= 15 is 0 Å². The van der Waals surface area contributed by atoms with Crippen LogP contribution in [0.1, 0.15) is 17.7 Å². The number of hydrogen-bond donors (Lipinski definition) is 1. The third-order valence-corrected chi connectivity index (χ3v) is 2.91. The van der Waals surface area contributed by atoms with Gasteiger partial charge in [-0.05, 0) is 18.6 Å². The summed E-state index contributed by atoms with van der Waals surface area (Å²) >= 11 is 0. The molecule has 0 atom stereocenters. The molecule has 0 radical (unpaired) electrons. The van der Waals surface area contributed by atoms with Crippen LogP contribution in [0.5, 0.6) is 5.88 Å². The third-order valence-electron chi connectivity index (χ3n) is 1.85. The predicted molar refractivity (Wildman–Crippen MR) is 51.9 cm³/mol. The minimum atomic E-state index is -4.05. The van der Waals surface area contributed by atoms with E-state index in [9.17, 15) is 17.2 Å². The van der Waals surface area contributed by atoms with Crippen molar-refractivity contribution in [1.29, 1.82) is 0 Å².